The van der Waals surface area contributed by atoms with Gasteiger partial charge in [0.1, 0.15) is 23.9 Å². The monoisotopic (exact) mass is 495 g/mol. The van der Waals surface area contributed by atoms with E-state index in [4.69, 9.17) is 14.2 Å². The molecule has 0 radical (unpaired) electrons. The molecule has 3 heterocycles. The summed E-state index contributed by atoms with van der Waals surface area (Å²) in [5.41, 5.74) is 1.82. The fraction of sp³-hybridized carbons (Fsp3) is 0.586. The number of carbonyl (C=O) groups is 2. The number of ether oxygens (including phenoxy) is 3. The summed E-state index contributed by atoms with van der Waals surface area (Å²) in [5.74, 6) is -0.893. The van der Waals surface area contributed by atoms with Crippen molar-refractivity contribution in [2.75, 3.05) is 26.7 Å². The van der Waals surface area contributed by atoms with Gasteiger partial charge >= 0.3 is 11.9 Å². The van der Waals surface area contributed by atoms with Crippen molar-refractivity contribution in [1.29, 1.82) is 0 Å². The Balaban J connectivity index is 1.52. The van der Waals surface area contributed by atoms with Crippen molar-refractivity contribution in [3.05, 3.63) is 53.1 Å². The highest BCUT2D eigenvalue weighted by Crippen LogP contribution is 2.62. The summed E-state index contributed by atoms with van der Waals surface area (Å²) in [6.45, 7) is 5.37. The number of allylic oxidation sites excluding steroid dienone is 1. The number of piperidine rings is 1. The van der Waals surface area contributed by atoms with Gasteiger partial charge in [-0.05, 0) is 82.8 Å². The molecule has 5 rings (SSSR count). The summed E-state index contributed by atoms with van der Waals surface area (Å²) < 4.78 is 19.2. The van der Waals surface area contributed by atoms with E-state index in [2.05, 4.69) is 18.9 Å². The molecule has 0 amide bonds. The van der Waals surface area contributed by atoms with E-state index < -0.39 is 42.0 Å². The number of nitrogens with zero attached hydrogens (tertiary/aromatic N) is 1. The molecule has 1 aromatic rings. The highest BCUT2D eigenvalue weighted by molar-refractivity contribution is 5.87. The number of esters is 2. The summed E-state index contributed by atoms with van der Waals surface area (Å²) >= 11 is 0. The topological polar surface area (TPSA) is 85.3 Å². The van der Waals surface area contributed by atoms with Crippen LogP contribution in [0, 0.1) is 11.8 Å². The van der Waals surface area contributed by atoms with E-state index in [0.29, 0.717) is 6.42 Å². The summed E-state index contributed by atoms with van der Waals surface area (Å²) in [7, 11) is 2.12. The summed E-state index contributed by atoms with van der Waals surface area (Å²) in [6, 6.07) is 9.68. The molecule has 2 bridgehead atoms. The van der Waals surface area contributed by atoms with Crippen LogP contribution >= 0.6 is 0 Å². The minimum absolute atomic E-state index is 0.00761. The number of likely N-dealkylation sites (tertiary alicyclic amines) is 1. The van der Waals surface area contributed by atoms with Gasteiger partial charge in [-0.25, -0.2) is 9.59 Å². The Morgan fingerprint density at radius 2 is 1.89 bits per heavy atom. The molecule has 7 heteroatoms. The minimum Gasteiger partial charge on any atom is -0.457 e. The molecule has 1 aliphatic carbocycles. The number of hydrogen-bond donors (Lipinski definition) is 1. The van der Waals surface area contributed by atoms with Gasteiger partial charge < -0.3 is 24.2 Å². The van der Waals surface area contributed by atoms with Crippen LogP contribution in [0.4, 0.5) is 0 Å². The molecule has 4 aliphatic rings. The Labute approximate surface area is 213 Å². The van der Waals surface area contributed by atoms with Gasteiger partial charge in [0.15, 0.2) is 6.10 Å². The predicted molar refractivity (Wildman–Crippen MR) is 135 cm³/mol. The van der Waals surface area contributed by atoms with E-state index in [9.17, 15) is 14.7 Å². The minimum atomic E-state index is -0.774. The van der Waals surface area contributed by atoms with Gasteiger partial charge in [-0.15, -0.1) is 0 Å². The molecule has 1 N–H and O–H groups in total. The molecule has 0 aromatic heterocycles. The van der Waals surface area contributed by atoms with Crippen LogP contribution in [-0.2, 0) is 23.8 Å². The second-order valence-electron chi connectivity index (χ2n) is 11.0. The third kappa shape index (κ3) is 4.31. The van der Waals surface area contributed by atoms with Crippen LogP contribution in [0.25, 0.3) is 6.08 Å². The van der Waals surface area contributed by atoms with E-state index in [-0.39, 0.29) is 11.8 Å². The van der Waals surface area contributed by atoms with Crippen molar-refractivity contribution in [3.8, 4) is 0 Å². The summed E-state index contributed by atoms with van der Waals surface area (Å²) in [5, 5.41) is 9.41. The molecular weight excluding hydrogens is 458 g/mol. The number of aliphatic hydroxyl groups excluding tert-OH is 1. The first kappa shape index (κ1) is 25.2. The molecule has 7 nitrogen and oxygen atoms in total. The van der Waals surface area contributed by atoms with Crippen molar-refractivity contribution in [2.24, 2.45) is 11.8 Å². The highest BCUT2D eigenvalue weighted by atomic mass is 16.6. The van der Waals surface area contributed by atoms with Crippen LogP contribution in [0.2, 0.25) is 0 Å². The molecule has 3 saturated heterocycles. The van der Waals surface area contributed by atoms with Crippen molar-refractivity contribution < 1.29 is 28.9 Å². The maximum absolute atomic E-state index is 13.2. The van der Waals surface area contributed by atoms with Gasteiger partial charge in [0.05, 0.1) is 0 Å². The smallest absolute Gasteiger partial charge is 0.332 e. The van der Waals surface area contributed by atoms with Crippen LogP contribution < -0.4 is 0 Å². The maximum Gasteiger partial charge on any atom is 0.332 e. The maximum atomic E-state index is 13.2. The number of benzene rings is 1. The van der Waals surface area contributed by atoms with E-state index in [1.807, 2.05) is 37.3 Å². The average molecular weight is 496 g/mol. The second kappa shape index (κ2) is 9.77. The zero-order valence-corrected chi connectivity index (χ0v) is 21.4. The lowest BCUT2D eigenvalue weighted by atomic mass is 9.70. The highest BCUT2D eigenvalue weighted by Gasteiger charge is 2.71. The summed E-state index contributed by atoms with van der Waals surface area (Å²) in [4.78, 5) is 27.7. The van der Waals surface area contributed by atoms with E-state index in [1.54, 1.807) is 6.08 Å². The van der Waals surface area contributed by atoms with Crippen molar-refractivity contribution in [1.82, 2.24) is 4.90 Å². The molecule has 36 heavy (non-hydrogen) atoms. The summed E-state index contributed by atoms with van der Waals surface area (Å²) in [6.07, 6.45) is 6.27. The van der Waals surface area contributed by atoms with Crippen LogP contribution in [-0.4, -0.2) is 72.1 Å². The van der Waals surface area contributed by atoms with Gasteiger partial charge in [-0.2, -0.15) is 0 Å². The number of fused-ring (bicyclic) bond motifs is 4. The third-order valence-electron chi connectivity index (χ3n) is 8.91. The lowest BCUT2D eigenvalue weighted by Crippen LogP contribution is -2.60. The van der Waals surface area contributed by atoms with Crippen molar-refractivity contribution in [2.45, 2.75) is 69.4 Å². The first-order valence-corrected chi connectivity index (χ1v) is 13.1. The Hall–Kier alpha value is -2.48. The fourth-order valence-electron chi connectivity index (χ4n) is 7.05. The van der Waals surface area contributed by atoms with Gasteiger partial charge in [0.25, 0.3) is 0 Å². The molecule has 3 fully saturated rings. The van der Waals surface area contributed by atoms with Crippen molar-refractivity contribution >= 4 is 18.0 Å². The van der Waals surface area contributed by atoms with Gasteiger partial charge in [-0.1, -0.05) is 35.9 Å². The molecule has 1 aromatic carbocycles. The third-order valence-corrected chi connectivity index (χ3v) is 8.91. The average Bonchev–Trinajstić information content (AvgIpc) is 3.39. The van der Waals surface area contributed by atoms with Gasteiger partial charge in [0.2, 0.25) is 0 Å². The van der Waals surface area contributed by atoms with Gasteiger partial charge in [0, 0.05) is 18.4 Å². The molecule has 3 aliphatic heterocycles. The molecular formula is C29H37NO6. The van der Waals surface area contributed by atoms with Crippen LogP contribution in [0.15, 0.2) is 47.6 Å². The number of carbonyl (C=O) groups excluding carboxylic acids is 2. The largest absolute Gasteiger partial charge is 0.457 e. The Morgan fingerprint density at radius 1 is 1.17 bits per heavy atom. The number of hydrogen-bond acceptors (Lipinski definition) is 7. The van der Waals surface area contributed by atoms with E-state index in [1.165, 1.54) is 11.6 Å². The molecule has 194 valence electrons. The predicted octanol–water partition coefficient (Wildman–Crippen LogP) is 3.52. The van der Waals surface area contributed by atoms with E-state index >= 15 is 0 Å². The van der Waals surface area contributed by atoms with E-state index in [0.717, 1.165) is 49.9 Å². The lowest BCUT2D eigenvalue weighted by molar-refractivity contribution is -0.230. The van der Waals surface area contributed by atoms with Gasteiger partial charge in [-0.3, -0.25) is 0 Å². The molecule has 0 saturated carbocycles. The van der Waals surface area contributed by atoms with Crippen LogP contribution in [0.1, 0.15) is 51.5 Å². The molecule has 0 unspecified atom stereocenters. The Bertz CT molecular complexity index is 1060. The Kier molecular flexibility index (Phi) is 6.83. The fourth-order valence-corrected chi connectivity index (χ4v) is 7.05. The molecule has 0 spiro atoms. The zero-order valence-electron chi connectivity index (χ0n) is 21.4. The first-order chi connectivity index (χ1) is 17.3. The lowest BCUT2D eigenvalue weighted by Gasteiger charge is -2.52. The van der Waals surface area contributed by atoms with Crippen molar-refractivity contribution in [3.63, 3.8) is 0 Å². The first-order valence-electron chi connectivity index (χ1n) is 13.1. The standard InChI is InChI=1S/C29H37NO6/c1-19-9-11-22-26(19)27(35-24(32)12-10-20-7-5-4-6-8-20)29(21-13-15-30(3)16-14-21)17-23(28(22,2)36-29)34-25(33)18-31/h4-8,10,12,21-23,27,31H,9,11,13-18H2,1-3H3/b12-10+/t22-,23-,27+,28+,29-/m1/s1. The Morgan fingerprint density at radius 3 is 2.58 bits per heavy atom. The number of rotatable bonds is 6. The molecule has 5 atom stereocenters. The quantitative estimate of drug-likeness (QED) is 0.367. The SMILES string of the molecule is CC1=C2[C@@H](CC1)[C@]1(C)O[C@@](C3CCN(C)CC3)(C[C@H]1OC(=O)CO)[C@H]2OC(=O)/C=C/c1ccccc1. The van der Waals surface area contributed by atoms with Crippen LogP contribution in [0.5, 0.6) is 0 Å². The second-order valence-corrected chi connectivity index (χ2v) is 11.0. The normalized spacial score (nSPS) is 34.7. The number of aliphatic hydroxyl groups is 1. The zero-order chi connectivity index (χ0) is 25.5. The van der Waals surface area contributed by atoms with Crippen LogP contribution in [0.3, 0.4) is 0 Å².